The van der Waals surface area contributed by atoms with Gasteiger partial charge >= 0.3 is 0 Å². The minimum atomic E-state index is 0.630. The normalized spacial score (nSPS) is 10.2. The molecule has 22 heavy (non-hydrogen) atoms. The Hall–Kier alpha value is -2.58. The highest BCUT2D eigenvalue weighted by Crippen LogP contribution is 2.26. The quantitative estimate of drug-likeness (QED) is 0.585. The third kappa shape index (κ3) is 3.35. The van der Waals surface area contributed by atoms with E-state index in [4.69, 9.17) is 16.3 Å². The number of carbonyl (C=O) groups excluding carboxylic acids is 1. The lowest BCUT2D eigenvalue weighted by Crippen LogP contribution is -1.85. The third-order valence-electron chi connectivity index (χ3n) is 3.28. The fourth-order valence-corrected chi connectivity index (χ4v) is 2.23. The van der Waals surface area contributed by atoms with Crippen molar-refractivity contribution in [2.24, 2.45) is 0 Å². The molecule has 0 amide bonds. The number of halogens is 1. The van der Waals surface area contributed by atoms with E-state index in [1.807, 2.05) is 48.5 Å². The summed E-state index contributed by atoms with van der Waals surface area (Å²) in [6, 6.07) is 22.5. The van der Waals surface area contributed by atoms with E-state index >= 15 is 0 Å². The highest BCUT2D eigenvalue weighted by molar-refractivity contribution is 6.30. The molecular formula is C19H13ClO2. The first-order chi connectivity index (χ1) is 10.7. The second kappa shape index (κ2) is 6.46. The van der Waals surface area contributed by atoms with Crippen LogP contribution in [-0.2, 0) is 0 Å². The molecule has 0 bridgehead atoms. The zero-order chi connectivity index (χ0) is 15.4. The Labute approximate surface area is 133 Å². The van der Waals surface area contributed by atoms with E-state index in [0.29, 0.717) is 11.3 Å². The molecule has 3 rings (SSSR count). The van der Waals surface area contributed by atoms with E-state index in [1.54, 1.807) is 24.3 Å². The van der Waals surface area contributed by atoms with Crippen LogP contribution in [0.15, 0.2) is 72.8 Å². The molecule has 0 aliphatic heterocycles. The van der Waals surface area contributed by atoms with E-state index < -0.39 is 0 Å². The average molecular weight is 309 g/mol. The number of benzene rings is 3. The van der Waals surface area contributed by atoms with Crippen LogP contribution < -0.4 is 4.74 Å². The van der Waals surface area contributed by atoms with Crippen LogP contribution in [0.4, 0.5) is 0 Å². The maximum Gasteiger partial charge on any atom is 0.150 e. The molecule has 3 aromatic carbocycles. The molecule has 0 saturated heterocycles. The summed E-state index contributed by atoms with van der Waals surface area (Å²) in [5.74, 6) is 1.45. The molecule has 3 aromatic rings. The topological polar surface area (TPSA) is 26.3 Å². The van der Waals surface area contributed by atoms with Gasteiger partial charge in [0.25, 0.3) is 0 Å². The highest BCUT2D eigenvalue weighted by Gasteiger charge is 2.01. The minimum absolute atomic E-state index is 0.630. The number of hydrogen-bond acceptors (Lipinski definition) is 2. The van der Waals surface area contributed by atoms with Crippen molar-refractivity contribution in [3.63, 3.8) is 0 Å². The zero-order valence-corrected chi connectivity index (χ0v) is 12.5. The molecule has 0 aliphatic rings. The number of carbonyl (C=O) groups is 1. The Bertz CT molecular complexity index is 760. The molecule has 0 saturated carbocycles. The maximum atomic E-state index is 10.6. The predicted octanol–water partition coefficient (Wildman–Crippen LogP) is 5.61. The largest absolute Gasteiger partial charge is 0.457 e. The number of hydrogen-bond donors (Lipinski definition) is 0. The van der Waals surface area contributed by atoms with Gasteiger partial charge in [0.15, 0.2) is 0 Å². The van der Waals surface area contributed by atoms with Crippen molar-refractivity contribution < 1.29 is 9.53 Å². The monoisotopic (exact) mass is 308 g/mol. The summed E-state index contributed by atoms with van der Waals surface area (Å²) in [6.07, 6.45) is 0.810. The first-order valence-electron chi connectivity index (χ1n) is 6.84. The fraction of sp³-hybridized carbons (Fsp3) is 0. The molecular weight excluding hydrogens is 296 g/mol. The second-order valence-corrected chi connectivity index (χ2v) is 5.26. The van der Waals surface area contributed by atoms with Crippen LogP contribution in [0, 0.1) is 0 Å². The Morgan fingerprint density at radius 1 is 0.682 bits per heavy atom. The SMILES string of the molecule is O=Cc1ccc(Oc2ccc(-c3ccc(Cl)cc3)cc2)cc1. The van der Waals surface area contributed by atoms with Crippen LogP contribution >= 0.6 is 11.6 Å². The zero-order valence-electron chi connectivity index (χ0n) is 11.7. The standard InChI is InChI=1S/C19H13ClO2/c20-17-7-3-15(4-8-17)16-5-11-19(12-6-16)22-18-9-1-14(13-21)2-10-18/h1-13H. The molecule has 0 atom stereocenters. The molecule has 0 radical (unpaired) electrons. The van der Waals surface area contributed by atoms with E-state index in [0.717, 1.165) is 28.2 Å². The van der Waals surface area contributed by atoms with E-state index in [2.05, 4.69) is 0 Å². The summed E-state index contributed by atoms with van der Waals surface area (Å²) in [5.41, 5.74) is 2.83. The van der Waals surface area contributed by atoms with Crippen LogP contribution in [0.25, 0.3) is 11.1 Å². The molecule has 0 spiro atoms. The molecule has 0 aliphatic carbocycles. The van der Waals surface area contributed by atoms with Gasteiger partial charge in [0.1, 0.15) is 17.8 Å². The van der Waals surface area contributed by atoms with Gasteiger partial charge in [-0.15, -0.1) is 0 Å². The van der Waals surface area contributed by atoms with Crippen molar-refractivity contribution in [1.29, 1.82) is 0 Å². The Morgan fingerprint density at radius 2 is 1.14 bits per heavy atom. The Kier molecular flexibility index (Phi) is 4.22. The number of rotatable bonds is 4. The molecule has 0 fully saturated rings. The van der Waals surface area contributed by atoms with Gasteiger partial charge < -0.3 is 4.74 Å². The molecule has 0 aromatic heterocycles. The molecule has 2 nitrogen and oxygen atoms in total. The number of ether oxygens (including phenoxy) is 1. The third-order valence-corrected chi connectivity index (χ3v) is 3.54. The van der Waals surface area contributed by atoms with Crippen LogP contribution in [0.2, 0.25) is 5.02 Å². The van der Waals surface area contributed by atoms with Gasteiger partial charge in [-0.1, -0.05) is 35.9 Å². The second-order valence-electron chi connectivity index (χ2n) is 4.82. The van der Waals surface area contributed by atoms with Crippen LogP contribution in [0.5, 0.6) is 11.5 Å². The first-order valence-corrected chi connectivity index (χ1v) is 7.21. The summed E-state index contributed by atoms with van der Waals surface area (Å²) >= 11 is 5.89. The Balaban J connectivity index is 1.75. The van der Waals surface area contributed by atoms with E-state index in [-0.39, 0.29) is 0 Å². The van der Waals surface area contributed by atoms with Gasteiger partial charge in [-0.2, -0.15) is 0 Å². The smallest absolute Gasteiger partial charge is 0.150 e. The molecule has 3 heteroatoms. The summed E-state index contributed by atoms with van der Waals surface area (Å²) in [6.45, 7) is 0. The fourth-order valence-electron chi connectivity index (χ4n) is 2.11. The van der Waals surface area contributed by atoms with Crippen molar-refractivity contribution in [2.75, 3.05) is 0 Å². The summed E-state index contributed by atoms with van der Waals surface area (Å²) < 4.78 is 5.75. The van der Waals surface area contributed by atoms with Crippen molar-refractivity contribution in [1.82, 2.24) is 0 Å². The highest BCUT2D eigenvalue weighted by atomic mass is 35.5. The summed E-state index contributed by atoms with van der Waals surface area (Å²) in [4.78, 5) is 10.6. The van der Waals surface area contributed by atoms with Crippen molar-refractivity contribution in [2.45, 2.75) is 0 Å². The molecule has 0 unspecified atom stereocenters. The lowest BCUT2D eigenvalue weighted by Gasteiger charge is -2.07. The summed E-state index contributed by atoms with van der Waals surface area (Å²) in [7, 11) is 0. The van der Waals surface area contributed by atoms with E-state index in [1.165, 1.54) is 0 Å². The Morgan fingerprint density at radius 3 is 1.64 bits per heavy atom. The van der Waals surface area contributed by atoms with Crippen LogP contribution in [0.3, 0.4) is 0 Å². The predicted molar refractivity (Wildman–Crippen MR) is 88.8 cm³/mol. The maximum absolute atomic E-state index is 10.6. The average Bonchev–Trinajstić information content (AvgIpc) is 2.57. The lowest BCUT2D eigenvalue weighted by atomic mass is 10.1. The van der Waals surface area contributed by atoms with Gasteiger partial charge in [0, 0.05) is 10.6 Å². The molecule has 0 heterocycles. The van der Waals surface area contributed by atoms with Crippen molar-refractivity contribution in [3.8, 4) is 22.6 Å². The van der Waals surface area contributed by atoms with Gasteiger partial charge in [-0.25, -0.2) is 0 Å². The lowest BCUT2D eigenvalue weighted by molar-refractivity contribution is 0.112. The van der Waals surface area contributed by atoms with Gasteiger partial charge in [0.05, 0.1) is 0 Å². The van der Waals surface area contributed by atoms with Gasteiger partial charge in [-0.3, -0.25) is 4.79 Å². The van der Waals surface area contributed by atoms with Crippen molar-refractivity contribution in [3.05, 3.63) is 83.4 Å². The van der Waals surface area contributed by atoms with Crippen LogP contribution in [0.1, 0.15) is 10.4 Å². The van der Waals surface area contributed by atoms with Gasteiger partial charge in [-0.05, 0) is 59.7 Å². The number of aldehydes is 1. The van der Waals surface area contributed by atoms with E-state index in [9.17, 15) is 4.79 Å². The molecule has 108 valence electrons. The summed E-state index contributed by atoms with van der Waals surface area (Å²) in [5, 5.41) is 0.725. The first kappa shape index (κ1) is 14.4. The van der Waals surface area contributed by atoms with Crippen molar-refractivity contribution >= 4 is 17.9 Å². The van der Waals surface area contributed by atoms with Crippen LogP contribution in [-0.4, -0.2) is 6.29 Å². The van der Waals surface area contributed by atoms with Gasteiger partial charge in [0.2, 0.25) is 0 Å². The minimum Gasteiger partial charge on any atom is -0.457 e. The molecule has 0 N–H and O–H groups in total.